The molecule has 0 saturated carbocycles. The number of hydrogen-bond donors (Lipinski definition) is 1. The van der Waals surface area contributed by atoms with Crippen molar-refractivity contribution in [3.05, 3.63) is 34.3 Å². The molecule has 0 saturated heterocycles. The molecule has 4 heteroatoms. The molecule has 0 bridgehead atoms. The molecule has 0 fully saturated rings. The molecule has 0 atom stereocenters. The van der Waals surface area contributed by atoms with Crippen LogP contribution in [0.15, 0.2) is 18.2 Å². The van der Waals surface area contributed by atoms with Crippen molar-refractivity contribution in [3.8, 4) is 0 Å². The van der Waals surface area contributed by atoms with Crippen molar-refractivity contribution >= 4 is 35.2 Å². The number of benzene rings is 1. The maximum absolute atomic E-state index is 10.6. The molecule has 1 N–H and O–H groups in total. The monoisotopic (exact) mass is 200 g/mol. The van der Waals surface area contributed by atoms with Crippen LogP contribution < -0.4 is 0 Å². The molecule has 0 aliphatic carbocycles. The first kappa shape index (κ1) is 9.16. The molecule has 0 amide bonds. The highest BCUT2D eigenvalue weighted by Gasteiger charge is 2.07. The average Bonchev–Trinajstić information content (AvgIpc) is 2.05. The highest BCUT2D eigenvalue weighted by molar-refractivity contribution is 7.79. The summed E-state index contributed by atoms with van der Waals surface area (Å²) in [5.41, 5.74) is 0.752. The van der Waals surface area contributed by atoms with E-state index in [0.717, 1.165) is 0 Å². The van der Waals surface area contributed by atoms with Gasteiger partial charge in [-0.25, -0.2) is 4.79 Å². The maximum atomic E-state index is 10.6. The normalized spacial score (nSPS) is 9.42. The van der Waals surface area contributed by atoms with Crippen molar-refractivity contribution in [1.29, 1.82) is 0 Å². The fourth-order valence-corrected chi connectivity index (χ4v) is 1.13. The first-order chi connectivity index (χ1) is 5.65. The second kappa shape index (κ2) is 3.65. The van der Waals surface area contributed by atoms with Gasteiger partial charge in [-0.1, -0.05) is 29.9 Å². The van der Waals surface area contributed by atoms with Crippen molar-refractivity contribution in [2.24, 2.45) is 0 Å². The Morgan fingerprint density at radius 1 is 1.58 bits per heavy atom. The molecule has 0 heterocycles. The van der Waals surface area contributed by atoms with Crippen LogP contribution in [0.2, 0.25) is 5.02 Å². The number of halogens is 1. The lowest BCUT2D eigenvalue weighted by Crippen LogP contribution is -1.98. The molecule has 0 spiro atoms. The van der Waals surface area contributed by atoms with Crippen LogP contribution in [-0.4, -0.2) is 16.4 Å². The van der Waals surface area contributed by atoms with Crippen LogP contribution >= 0.6 is 23.8 Å². The van der Waals surface area contributed by atoms with Gasteiger partial charge < -0.3 is 5.11 Å². The molecule has 1 rings (SSSR count). The third-order valence-electron chi connectivity index (χ3n) is 1.36. The van der Waals surface area contributed by atoms with Crippen molar-refractivity contribution < 1.29 is 9.90 Å². The molecule has 0 aromatic heterocycles. The van der Waals surface area contributed by atoms with Gasteiger partial charge in [0.1, 0.15) is 0 Å². The molecule has 12 heavy (non-hydrogen) atoms. The summed E-state index contributed by atoms with van der Waals surface area (Å²) in [4.78, 5) is 10.6. The topological polar surface area (TPSA) is 37.3 Å². The zero-order valence-corrected chi connectivity index (χ0v) is 7.52. The van der Waals surface area contributed by atoms with E-state index in [0.29, 0.717) is 5.56 Å². The Morgan fingerprint density at radius 2 is 2.25 bits per heavy atom. The number of hydrogen-bond acceptors (Lipinski definition) is 2. The van der Waals surface area contributed by atoms with Gasteiger partial charge in [0.15, 0.2) is 0 Å². The number of aromatic carboxylic acids is 1. The van der Waals surface area contributed by atoms with E-state index < -0.39 is 5.97 Å². The lowest BCUT2D eigenvalue weighted by molar-refractivity contribution is 0.0697. The third-order valence-corrected chi connectivity index (χ3v) is 1.96. The fourth-order valence-electron chi connectivity index (χ4n) is 0.780. The van der Waals surface area contributed by atoms with E-state index in [-0.39, 0.29) is 10.6 Å². The van der Waals surface area contributed by atoms with Crippen molar-refractivity contribution in [1.82, 2.24) is 0 Å². The summed E-state index contributed by atoms with van der Waals surface area (Å²) in [6, 6.07) is 4.63. The predicted octanol–water partition coefficient (Wildman–Crippen LogP) is 2.39. The van der Waals surface area contributed by atoms with Crippen LogP contribution in [0, 0.1) is 0 Å². The number of carboxylic acid groups (broad SMARTS) is 1. The van der Waals surface area contributed by atoms with Crippen molar-refractivity contribution in [3.63, 3.8) is 0 Å². The second-order valence-electron chi connectivity index (χ2n) is 2.16. The Bertz CT molecular complexity index is 336. The zero-order chi connectivity index (χ0) is 9.14. The van der Waals surface area contributed by atoms with Gasteiger partial charge in [0.25, 0.3) is 0 Å². The van der Waals surface area contributed by atoms with Crippen LogP contribution in [0.25, 0.3) is 0 Å². The predicted molar refractivity (Wildman–Crippen MR) is 51.2 cm³/mol. The standard InChI is InChI=1S/C8H5ClO2S/c9-7-2-1-5(4-12)3-6(7)8(10)11/h1-4H,(H,10,11). The highest BCUT2D eigenvalue weighted by atomic mass is 35.5. The van der Waals surface area contributed by atoms with E-state index >= 15 is 0 Å². The third kappa shape index (κ3) is 1.81. The van der Waals surface area contributed by atoms with Crippen molar-refractivity contribution in [2.75, 3.05) is 0 Å². The Balaban J connectivity index is 3.25. The Hall–Kier alpha value is -0.930. The van der Waals surface area contributed by atoms with Gasteiger partial charge in [-0.05, 0) is 17.7 Å². The van der Waals surface area contributed by atoms with E-state index in [1.807, 2.05) is 0 Å². The van der Waals surface area contributed by atoms with E-state index in [2.05, 4.69) is 12.2 Å². The molecule has 2 nitrogen and oxygen atoms in total. The van der Waals surface area contributed by atoms with Gasteiger partial charge in [-0.2, -0.15) is 0 Å². The molecule has 1 aromatic carbocycles. The van der Waals surface area contributed by atoms with Crippen molar-refractivity contribution in [2.45, 2.75) is 0 Å². The van der Waals surface area contributed by atoms with Crippen LogP contribution in [0.1, 0.15) is 15.9 Å². The molecule has 0 aliphatic heterocycles. The van der Waals surface area contributed by atoms with Gasteiger partial charge in [0.2, 0.25) is 0 Å². The minimum absolute atomic E-state index is 0.0790. The van der Waals surface area contributed by atoms with Crippen LogP contribution in [0.5, 0.6) is 0 Å². The van der Waals surface area contributed by atoms with Gasteiger partial charge >= 0.3 is 5.97 Å². The van der Waals surface area contributed by atoms with E-state index in [1.54, 1.807) is 6.07 Å². The summed E-state index contributed by atoms with van der Waals surface area (Å²) in [7, 11) is 0. The molecule has 1 aromatic rings. The van der Waals surface area contributed by atoms with Gasteiger partial charge in [-0.3, -0.25) is 0 Å². The molecular weight excluding hydrogens is 196 g/mol. The van der Waals surface area contributed by atoms with Gasteiger partial charge in [-0.15, -0.1) is 0 Å². The lowest BCUT2D eigenvalue weighted by atomic mass is 10.1. The molecular formula is C8H5ClO2S. The highest BCUT2D eigenvalue weighted by Crippen LogP contribution is 2.16. The number of carboxylic acids is 1. The maximum Gasteiger partial charge on any atom is 0.337 e. The molecule has 0 aliphatic rings. The van der Waals surface area contributed by atoms with Crippen LogP contribution in [0.4, 0.5) is 0 Å². The van der Waals surface area contributed by atoms with Gasteiger partial charge in [0, 0.05) is 5.37 Å². The molecule has 0 unspecified atom stereocenters. The number of thiocarbonyl (C=S) groups is 1. The summed E-state index contributed by atoms with van der Waals surface area (Å²) >= 11 is 10.3. The number of carbonyl (C=O) groups is 1. The molecule has 62 valence electrons. The quantitative estimate of drug-likeness (QED) is 0.745. The SMILES string of the molecule is O=C(O)c1cc(C=S)ccc1Cl. The van der Waals surface area contributed by atoms with Gasteiger partial charge in [0.05, 0.1) is 10.6 Å². The van der Waals surface area contributed by atoms with E-state index in [9.17, 15) is 4.79 Å². The second-order valence-corrected chi connectivity index (χ2v) is 2.81. The van der Waals surface area contributed by atoms with Crippen LogP contribution in [-0.2, 0) is 0 Å². The Labute approximate surface area is 79.8 Å². The first-order valence-corrected chi connectivity index (χ1v) is 3.98. The Morgan fingerprint density at radius 3 is 2.75 bits per heavy atom. The summed E-state index contributed by atoms with van der Waals surface area (Å²) in [5, 5.41) is 10.3. The minimum atomic E-state index is -1.04. The van der Waals surface area contributed by atoms with E-state index in [4.69, 9.17) is 16.7 Å². The summed E-state index contributed by atoms with van der Waals surface area (Å²) in [6.45, 7) is 0. The zero-order valence-electron chi connectivity index (χ0n) is 5.95. The fraction of sp³-hybridized carbons (Fsp3) is 0. The van der Waals surface area contributed by atoms with E-state index in [1.165, 1.54) is 17.5 Å². The Kier molecular flexibility index (Phi) is 2.78. The average molecular weight is 201 g/mol. The minimum Gasteiger partial charge on any atom is -0.478 e. The largest absolute Gasteiger partial charge is 0.478 e. The summed E-state index contributed by atoms with van der Waals surface area (Å²) in [5.74, 6) is -1.04. The summed E-state index contributed by atoms with van der Waals surface area (Å²) in [6.07, 6.45) is 0. The number of rotatable bonds is 2. The lowest BCUT2D eigenvalue weighted by Gasteiger charge is -1.98. The molecule has 0 radical (unpaired) electrons. The first-order valence-electron chi connectivity index (χ1n) is 3.13. The van der Waals surface area contributed by atoms with Crippen LogP contribution in [0.3, 0.4) is 0 Å². The smallest absolute Gasteiger partial charge is 0.337 e. The summed E-state index contributed by atoms with van der Waals surface area (Å²) < 4.78 is 0.